The molecule has 3 heterocycles. The second kappa shape index (κ2) is 8.43. The van der Waals surface area contributed by atoms with Crippen LogP contribution in [0.3, 0.4) is 0 Å². The minimum absolute atomic E-state index is 0.608. The standard InChI is InChI=1S/C22H23N5O3S/c1-28-17-13-16(26-8-4-9-26)5-6-20(17)31-25-22-21-18(29-2)11-15(12-19(21)30-24-22)14-27-10-3-7-23-27/h3,5-7,10-13H,4,8-9,14H2,1-2H3,(H,24,25). The van der Waals surface area contributed by atoms with Crippen LogP contribution in [-0.2, 0) is 6.54 Å². The van der Waals surface area contributed by atoms with E-state index in [0.29, 0.717) is 23.7 Å². The number of rotatable bonds is 8. The molecule has 1 saturated heterocycles. The van der Waals surface area contributed by atoms with E-state index in [1.54, 1.807) is 20.4 Å². The third-order valence-electron chi connectivity index (χ3n) is 5.35. The molecule has 2 aromatic heterocycles. The zero-order valence-corrected chi connectivity index (χ0v) is 18.2. The molecule has 0 bridgehead atoms. The van der Waals surface area contributed by atoms with Crippen molar-refractivity contribution in [3.63, 3.8) is 0 Å². The largest absolute Gasteiger partial charge is 0.496 e. The summed E-state index contributed by atoms with van der Waals surface area (Å²) in [7, 11) is 3.34. The number of methoxy groups -OCH3 is 2. The van der Waals surface area contributed by atoms with Gasteiger partial charge in [0.25, 0.3) is 0 Å². The van der Waals surface area contributed by atoms with E-state index >= 15 is 0 Å². The quantitative estimate of drug-likeness (QED) is 0.406. The Bertz CT molecular complexity index is 1190. The van der Waals surface area contributed by atoms with Gasteiger partial charge in [-0.3, -0.25) is 4.68 Å². The second-order valence-corrected chi connectivity index (χ2v) is 8.13. The van der Waals surface area contributed by atoms with Crippen LogP contribution in [-0.4, -0.2) is 42.2 Å². The van der Waals surface area contributed by atoms with E-state index in [-0.39, 0.29) is 0 Å². The molecule has 0 radical (unpaired) electrons. The summed E-state index contributed by atoms with van der Waals surface area (Å²) in [5.74, 6) is 2.13. The molecule has 0 aliphatic carbocycles. The fourth-order valence-corrected chi connectivity index (χ4v) is 4.33. The summed E-state index contributed by atoms with van der Waals surface area (Å²) >= 11 is 1.43. The first-order valence-electron chi connectivity index (χ1n) is 10.0. The minimum Gasteiger partial charge on any atom is -0.496 e. The zero-order valence-electron chi connectivity index (χ0n) is 17.4. The van der Waals surface area contributed by atoms with E-state index in [4.69, 9.17) is 14.0 Å². The number of benzene rings is 2. The molecular weight excluding hydrogens is 414 g/mol. The molecule has 0 amide bonds. The van der Waals surface area contributed by atoms with Crippen LogP contribution in [0.1, 0.15) is 12.0 Å². The van der Waals surface area contributed by atoms with E-state index in [1.165, 1.54) is 24.1 Å². The van der Waals surface area contributed by atoms with Crippen LogP contribution in [0.2, 0.25) is 0 Å². The van der Waals surface area contributed by atoms with Gasteiger partial charge in [0, 0.05) is 37.2 Å². The number of nitrogens with zero attached hydrogens (tertiary/aromatic N) is 4. The SMILES string of the molecule is COc1cc(N2CCC2)ccc1SNc1noc2cc(Cn3cccn3)cc(OC)c12. The predicted octanol–water partition coefficient (Wildman–Crippen LogP) is 4.42. The molecule has 2 aromatic carbocycles. The maximum absolute atomic E-state index is 5.63. The summed E-state index contributed by atoms with van der Waals surface area (Å²) in [5, 5.41) is 9.28. The summed E-state index contributed by atoms with van der Waals surface area (Å²) in [6, 6.07) is 12.1. The van der Waals surface area contributed by atoms with E-state index < -0.39 is 0 Å². The average Bonchev–Trinajstić information content (AvgIpc) is 3.40. The van der Waals surface area contributed by atoms with Gasteiger partial charge >= 0.3 is 0 Å². The van der Waals surface area contributed by atoms with Crippen molar-refractivity contribution in [3.8, 4) is 11.5 Å². The van der Waals surface area contributed by atoms with Gasteiger partial charge in [-0.1, -0.05) is 5.16 Å². The molecule has 8 nitrogen and oxygen atoms in total. The van der Waals surface area contributed by atoms with Crippen LogP contribution in [0, 0.1) is 0 Å². The van der Waals surface area contributed by atoms with Crippen LogP contribution in [0.15, 0.2) is 58.2 Å². The van der Waals surface area contributed by atoms with Crippen molar-refractivity contribution in [2.75, 3.05) is 36.9 Å². The van der Waals surface area contributed by atoms with Crippen molar-refractivity contribution in [2.24, 2.45) is 0 Å². The number of aromatic nitrogens is 3. The lowest BCUT2D eigenvalue weighted by Gasteiger charge is -2.33. The highest BCUT2D eigenvalue weighted by molar-refractivity contribution is 8.00. The molecule has 9 heteroatoms. The Balaban J connectivity index is 1.38. The normalized spacial score (nSPS) is 13.3. The molecule has 5 rings (SSSR count). The predicted molar refractivity (Wildman–Crippen MR) is 121 cm³/mol. The molecule has 160 valence electrons. The highest BCUT2D eigenvalue weighted by Crippen LogP contribution is 2.38. The van der Waals surface area contributed by atoms with Gasteiger partial charge in [-0.2, -0.15) is 5.10 Å². The van der Waals surface area contributed by atoms with Gasteiger partial charge in [0.15, 0.2) is 11.4 Å². The first-order chi connectivity index (χ1) is 15.2. The Morgan fingerprint density at radius 3 is 2.71 bits per heavy atom. The van der Waals surface area contributed by atoms with Crippen molar-refractivity contribution >= 4 is 34.4 Å². The molecule has 0 atom stereocenters. The first kappa shape index (κ1) is 19.6. The number of ether oxygens (including phenoxy) is 2. The topological polar surface area (TPSA) is 77.6 Å². The summed E-state index contributed by atoms with van der Waals surface area (Å²) < 4.78 is 22.0. The molecule has 1 aliphatic heterocycles. The molecule has 31 heavy (non-hydrogen) atoms. The molecule has 1 fully saturated rings. The number of anilines is 2. The lowest BCUT2D eigenvalue weighted by atomic mass is 10.1. The van der Waals surface area contributed by atoms with Crippen LogP contribution in [0.5, 0.6) is 11.5 Å². The zero-order chi connectivity index (χ0) is 21.2. The lowest BCUT2D eigenvalue weighted by molar-refractivity contribution is 0.404. The maximum Gasteiger partial charge on any atom is 0.191 e. The first-order valence-corrected chi connectivity index (χ1v) is 10.9. The van der Waals surface area contributed by atoms with Crippen molar-refractivity contribution < 1.29 is 14.0 Å². The molecule has 0 unspecified atom stereocenters. The van der Waals surface area contributed by atoms with Gasteiger partial charge in [-0.15, -0.1) is 0 Å². The third-order valence-corrected chi connectivity index (χ3v) is 6.20. The van der Waals surface area contributed by atoms with E-state index in [1.807, 2.05) is 29.1 Å². The Labute approximate surface area is 184 Å². The van der Waals surface area contributed by atoms with Gasteiger partial charge in [-0.05, 0) is 54.3 Å². The Kier molecular flexibility index (Phi) is 5.33. The maximum atomic E-state index is 5.63. The third kappa shape index (κ3) is 3.88. The van der Waals surface area contributed by atoms with Crippen LogP contribution in [0.25, 0.3) is 11.0 Å². The van der Waals surface area contributed by atoms with E-state index in [0.717, 1.165) is 34.7 Å². The summed E-state index contributed by atoms with van der Waals surface area (Å²) in [6.45, 7) is 2.82. The molecule has 1 aliphatic rings. The van der Waals surface area contributed by atoms with E-state index in [2.05, 4.69) is 38.1 Å². The fourth-order valence-electron chi connectivity index (χ4n) is 3.61. The van der Waals surface area contributed by atoms with Crippen molar-refractivity contribution in [2.45, 2.75) is 17.9 Å². The Morgan fingerprint density at radius 2 is 2.00 bits per heavy atom. The average molecular weight is 438 g/mol. The molecule has 0 spiro atoms. The van der Waals surface area contributed by atoms with Crippen LogP contribution < -0.4 is 19.1 Å². The van der Waals surface area contributed by atoms with Gasteiger partial charge in [0.2, 0.25) is 0 Å². The number of hydrogen-bond acceptors (Lipinski definition) is 8. The monoisotopic (exact) mass is 437 g/mol. The molecular formula is C22H23N5O3S. The second-order valence-electron chi connectivity index (χ2n) is 7.29. The van der Waals surface area contributed by atoms with Crippen LogP contribution >= 0.6 is 11.9 Å². The van der Waals surface area contributed by atoms with Gasteiger partial charge in [-0.25, -0.2) is 0 Å². The molecule has 4 aromatic rings. The number of fused-ring (bicyclic) bond motifs is 1. The Hall–Kier alpha value is -3.33. The lowest BCUT2D eigenvalue weighted by Crippen LogP contribution is -2.36. The number of nitrogens with one attached hydrogen (secondary N) is 1. The van der Waals surface area contributed by atoms with Crippen LogP contribution in [0.4, 0.5) is 11.5 Å². The molecule has 1 N–H and O–H groups in total. The van der Waals surface area contributed by atoms with Gasteiger partial charge < -0.3 is 23.6 Å². The summed E-state index contributed by atoms with van der Waals surface area (Å²) in [6.07, 6.45) is 4.92. The minimum atomic E-state index is 0.608. The van der Waals surface area contributed by atoms with Crippen molar-refractivity contribution in [3.05, 3.63) is 54.4 Å². The summed E-state index contributed by atoms with van der Waals surface area (Å²) in [4.78, 5) is 3.30. The number of hydrogen-bond donors (Lipinski definition) is 1. The summed E-state index contributed by atoms with van der Waals surface area (Å²) in [5.41, 5.74) is 2.86. The van der Waals surface area contributed by atoms with E-state index in [9.17, 15) is 0 Å². The van der Waals surface area contributed by atoms with Gasteiger partial charge in [0.1, 0.15) is 16.9 Å². The smallest absolute Gasteiger partial charge is 0.191 e. The molecule has 0 saturated carbocycles. The van der Waals surface area contributed by atoms with Crippen molar-refractivity contribution in [1.29, 1.82) is 0 Å². The van der Waals surface area contributed by atoms with Gasteiger partial charge in [0.05, 0.1) is 25.7 Å². The highest BCUT2D eigenvalue weighted by Gasteiger charge is 2.19. The van der Waals surface area contributed by atoms with Crippen molar-refractivity contribution in [1.82, 2.24) is 14.9 Å². The Morgan fingerprint density at radius 1 is 1.13 bits per heavy atom. The fraction of sp³-hybridized carbons (Fsp3) is 0.273. The highest BCUT2D eigenvalue weighted by atomic mass is 32.2.